The highest BCUT2D eigenvalue weighted by atomic mass is 14.9. The largest absolute Gasteiger partial charge is 0.316 e. The molecule has 0 aliphatic carbocycles. The lowest BCUT2D eigenvalue weighted by Crippen LogP contribution is -2.30. The van der Waals surface area contributed by atoms with Gasteiger partial charge in [-0.1, -0.05) is 42.5 Å². The Morgan fingerprint density at radius 1 is 1.06 bits per heavy atom. The maximum absolute atomic E-state index is 3.46. The Kier molecular flexibility index (Phi) is 3.10. The van der Waals surface area contributed by atoms with Gasteiger partial charge in [-0.2, -0.15) is 0 Å². The molecule has 0 aromatic heterocycles. The van der Waals surface area contributed by atoms with Crippen LogP contribution in [-0.2, 0) is 0 Å². The van der Waals surface area contributed by atoms with Crippen LogP contribution in [0.3, 0.4) is 0 Å². The van der Waals surface area contributed by atoms with E-state index in [2.05, 4.69) is 54.2 Å². The molecule has 1 N–H and O–H groups in total. The van der Waals surface area contributed by atoms with Crippen LogP contribution in [0.4, 0.5) is 0 Å². The van der Waals surface area contributed by atoms with Gasteiger partial charge in [0, 0.05) is 0 Å². The number of benzene rings is 2. The van der Waals surface area contributed by atoms with Crippen molar-refractivity contribution in [3.63, 3.8) is 0 Å². The SMILES string of the molecule is [CH](c1ccc2ccccc2c1)[C@H]1CCCNC1. The summed E-state index contributed by atoms with van der Waals surface area (Å²) >= 11 is 0. The van der Waals surface area contributed by atoms with E-state index in [4.69, 9.17) is 0 Å². The minimum Gasteiger partial charge on any atom is -0.316 e. The van der Waals surface area contributed by atoms with Crippen LogP contribution in [0.25, 0.3) is 10.8 Å². The molecule has 87 valence electrons. The molecule has 0 saturated carbocycles. The molecule has 1 atom stereocenters. The van der Waals surface area contributed by atoms with E-state index in [0.717, 1.165) is 6.54 Å². The molecule has 0 amide bonds. The molecule has 1 heteroatoms. The molecule has 1 heterocycles. The van der Waals surface area contributed by atoms with Crippen LogP contribution in [-0.4, -0.2) is 13.1 Å². The molecule has 17 heavy (non-hydrogen) atoms. The summed E-state index contributed by atoms with van der Waals surface area (Å²) < 4.78 is 0. The predicted molar refractivity (Wildman–Crippen MR) is 72.9 cm³/mol. The third kappa shape index (κ3) is 2.50. The van der Waals surface area contributed by atoms with Gasteiger partial charge in [0.05, 0.1) is 0 Å². The fourth-order valence-electron chi connectivity index (χ4n) is 2.60. The smallest absolute Gasteiger partial charge is 0.00144 e. The molecule has 1 saturated heterocycles. The zero-order chi connectivity index (χ0) is 11.5. The van der Waals surface area contributed by atoms with Crippen molar-refractivity contribution in [3.8, 4) is 0 Å². The van der Waals surface area contributed by atoms with Gasteiger partial charge in [-0.25, -0.2) is 0 Å². The lowest BCUT2D eigenvalue weighted by molar-refractivity contribution is 0.422. The van der Waals surface area contributed by atoms with E-state index in [9.17, 15) is 0 Å². The van der Waals surface area contributed by atoms with E-state index in [-0.39, 0.29) is 0 Å². The molecule has 0 spiro atoms. The molecule has 2 aromatic rings. The number of hydrogen-bond acceptors (Lipinski definition) is 1. The van der Waals surface area contributed by atoms with E-state index in [1.807, 2.05) is 0 Å². The lowest BCUT2D eigenvalue weighted by Gasteiger charge is -2.22. The number of nitrogens with one attached hydrogen (secondary N) is 1. The molecule has 1 fully saturated rings. The molecule has 0 bridgehead atoms. The van der Waals surface area contributed by atoms with E-state index in [0.29, 0.717) is 5.92 Å². The maximum atomic E-state index is 3.46. The number of hydrogen-bond donors (Lipinski definition) is 1. The Balaban J connectivity index is 1.80. The summed E-state index contributed by atoms with van der Waals surface area (Å²) in [6.45, 7) is 2.31. The Labute approximate surface area is 103 Å². The zero-order valence-corrected chi connectivity index (χ0v) is 10.0. The van der Waals surface area contributed by atoms with Gasteiger partial charge in [-0.05, 0) is 54.6 Å². The molecule has 3 rings (SSSR count). The van der Waals surface area contributed by atoms with Crippen molar-refractivity contribution in [2.45, 2.75) is 12.8 Å². The van der Waals surface area contributed by atoms with E-state index in [1.54, 1.807) is 0 Å². The van der Waals surface area contributed by atoms with Gasteiger partial charge in [0.2, 0.25) is 0 Å². The Hall–Kier alpha value is -1.34. The third-order valence-electron chi connectivity index (χ3n) is 3.54. The lowest BCUT2D eigenvalue weighted by atomic mass is 9.91. The summed E-state index contributed by atoms with van der Waals surface area (Å²) in [4.78, 5) is 0. The summed E-state index contributed by atoms with van der Waals surface area (Å²) in [5, 5.41) is 6.12. The van der Waals surface area contributed by atoms with Crippen LogP contribution in [0.2, 0.25) is 0 Å². The average Bonchev–Trinajstić information content (AvgIpc) is 2.40. The Morgan fingerprint density at radius 3 is 2.76 bits per heavy atom. The summed E-state index contributed by atoms with van der Waals surface area (Å²) in [5.74, 6) is 0.699. The second-order valence-electron chi connectivity index (χ2n) is 4.88. The van der Waals surface area contributed by atoms with Crippen LogP contribution in [0.1, 0.15) is 18.4 Å². The minimum atomic E-state index is 0.699. The molecular weight excluding hydrogens is 206 g/mol. The number of piperidine rings is 1. The van der Waals surface area contributed by atoms with E-state index >= 15 is 0 Å². The van der Waals surface area contributed by atoms with Crippen molar-refractivity contribution >= 4 is 10.8 Å². The first-order valence-corrected chi connectivity index (χ1v) is 6.46. The van der Waals surface area contributed by atoms with Gasteiger partial charge in [0.15, 0.2) is 0 Å². The molecule has 2 aromatic carbocycles. The normalized spacial score (nSPS) is 20.6. The maximum Gasteiger partial charge on any atom is -0.00144 e. The quantitative estimate of drug-likeness (QED) is 0.824. The molecule has 1 aliphatic rings. The first-order valence-electron chi connectivity index (χ1n) is 6.46. The monoisotopic (exact) mass is 224 g/mol. The highest BCUT2D eigenvalue weighted by Gasteiger charge is 2.13. The summed E-state index contributed by atoms with van der Waals surface area (Å²) in [7, 11) is 0. The fourth-order valence-corrected chi connectivity index (χ4v) is 2.60. The van der Waals surface area contributed by atoms with Crippen LogP contribution >= 0.6 is 0 Å². The van der Waals surface area contributed by atoms with Crippen molar-refractivity contribution in [2.75, 3.05) is 13.1 Å². The first-order chi connectivity index (χ1) is 8.42. The zero-order valence-electron chi connectivity index (χ0n) is 10.0. The van der Waals surface area contributed by atoms with Gasteiger partial charge in [0.1, 0.15) is 0 Å². The Bertz CT molecular complexity index is 498. The predicted octanol–water partition coefficient (Wildman–Crippen LogP) is 3.39. The van der Waals surface area contributed by atoms with E-state index in [1.165, 1.54) is 35.7 Å². The molecule has 1 nitrogen and oxygen atoms in total. The fraction of sp³-hybridized carbons (Fsp3) is 0.312. The summed E-state index contributed by atoms with van der Waals surface area (Å²) in [6.07, 6.45) is 5.03. The first kappa shape index (κ1) is 10.8. The average molecular weight is 224 g/mol. The van der Waals surface area contributed by atoms with Gasteiger partial charge < -0.3 is 5.32 Å². The Morgan fingerprint density at radius 2 is 1.94 bits per heavy atom. The number of rotatable bonds is 2. The van der Waals surface area contributed by atoms with Gasteiger partial charge in [-0.3, -0.25) is 0 Å². The van der Waals surface area contributed by atoms with Crippen molar-refractivity contribution < 1.29 is 0 Å². The van der Waals surface area contributed by atoms with Crippen LogP contribution in [0, 0.1) is 12.3 Å². The van der Waals surface area contributed by atoms with E-state index < -0.39 is 0 Å². The second kappa shape index (κ2) is 4.89. The molecule has 1 aliphatic heterocycles. The van der Waals surface area contributed by atoms with Crippen molar-refractivity contribution in [3.05, 3.63) is 54.4 Å². The second-order valence-corrected chi connectivity index (χ2v) is 4.88. The van der Waals surface area contributed by atoms with Crippen LogP contribution in [0.5, 0.6) is 0 Å². The van der Waals surface area contributed by atoms with Crippen LogP contribution < -0.4 is 5.32 Å². The molecule has 1 radical (unpaired) electrons. The summed E-state index contributed by atoms with van der Waals surface area (Å²) in [6, 6.07) is 15.3. The van der Waals surface area contributed by atoms with Gasteiger partial charge in [-0.15, -0.1) is 0 Å². The minimum absolute atomic E-state index is 0.699. The van der Waals surface area contributed by atoms with Gasteiger partial charge in [0.25, 0.3) is 0 Å². The molecule has 0 unspecified atom stereocenters. The highest BCUT2D eigenvalue weighted by Crippen LogP contribution is 2.22. The van der Waals surface area contributed by atoms with Crippen LogP contribution in [0.15, 0.2) is 42.5 Å². The standard InChI is InChI=1S/C16H18N/c1-2-6-16-11-13(7-8-15(16)5-1)10-14-4-3-9-17-12-14/h1-2,5-8,10-11,14,17H,3-4,9,12H2/t14-/m1/s1. The highest BCUT2D eigenvalue weighted by molar-refractivity contribution is 5.83. The van der Waals surface area contributed by atoms with Crippen molar-refractivity contribution in [1.29, 1.82) is 0 Å². The van der Waals surface area contributed by atoms with Crippen molar-refractivity contribution in [2.24, 2.45) is 5.92 Å². The third-order valence-corrected chi connectivity index (χ3v) is 3.54. The van der Waals surface area contributed by atoms with Gasteiger partial charge >= 0.3 is 0 Å². The number of fused-ring (bicyclic) bond motifs is 1. The molecular formula is C16H18N. The topological polar surface area (TPSA) is 12.0 Å². The van der Waals surface area contributed by atoms with Crippen molar-refractivity contribution in [1.82, 2.24) is 5.32 Å². The summed E-state index contributed by atoms with van der Waals surface area (Å²) in [5.41, 5.74) is 1.36.